The number of H-pyrrole nitrogens is 1. The first-order chi connectivity index (χ1) is 15.1. The second-order valence-electron chi connectivity index (χ2n) is 7.75. The molecule has 0 amide bonds. The van der Waals surface area contributed by atoms with E-state index < -0.39 is 30.0 Å². The predicted molar refractivity (Wildman–Crippen MR) is 121 cm³/mol. The molecular formula is C22H34N4O6. The highest BCUT2D eigenvalue weighted by Crippen LogP contribution is 2.18. The highest BCUT2D eigenvalue weighted by molar-refractivity contribution is 5.84. The molecule has 1 fully saturated rings. The minimum atomic E-state index is -0.972. The molecule has 3 rings (SSSR count). The van der Waals surface area contributed by atoms with Gasteiger partial charge in [0.1, 0.15) is 18.1 Å². The lowest BCUT2D eigenvalue weighted by Crippen LogP contribution is -2.36. The quantitative estimate of drug-likeness (QED) is 0.326. The third-order valence-electron chi connectivity index (χ3n) is 5.33. The normalized spacial score (nSPS) is 17.8. The molecule has 178 valence electrons. The highest BCUT2D eigenvalue weighted by Gasteiger charge is 2.20. The number of nitrogens with two attached hydrogens (primary N) is 2. The molecule has 1 aromatic heterocycles. The number of nitrogens with one attached hydrogen (secondary N) is 2. The van der Waals surface area contributed by atoms with Crippen LogP contribution in [0.4, 0.5) is 0 Å². The Bertz CT molecular complexity index is 878. The van der Waals surface area contributed by atoms with Crippen LogP contribution in [0.2, 0.25) is 0 Å². The summed E-state index contributed by atoms with van der Waals surface area (Å²) in [4.78, 5) is 34.0. The number of hydrogen-bond acceptors (Lipinski definition) is 6. The van der Waals surface area contributed by atoms with Crippen LogP contribution in [0.3, 0.4) is 0 Å². The van der Waals surface area contributed by atoms with E-state index in [4.69, 9.17) is 26.8 Å². The van der Waals surface area contributed by atoms with Crippen molar-refractivity contribution in [3.05, 3.63) is 36.0 Å². The van der Waals surface area contributed by atoms with Crippen LogP contribution in [0.15, 0.2) is 30.5 Å². The third-order valence-corrected chi connectivity index (χ3v) is 5.33. The van der Waals surface area contributed by atoms with Gasteiger partial charge in [-0.15, -0.1) is 0 Å². The lowest BCUT2D eigenvalue weighted by molar-refractivity contribution is -0.140. The van der Waals surface area contributed by atoms with Crippen LogP contribution in [0.5, 0.6) is 0 Å². The van der Waals surface area contributed by atoms with Crippen LogP contribution < -0.4 is 16.8 Å². The van der Waals surface area contributed by atoms with Gasteiger partial charge in [-0.3, -0.25) is 14.4 Å². The smallest absolute Gasteiger partial charge is 0.320 e. The predicted octanol–water partition coefficient (Wildman–Crippen LogP) is 1.39. The molecule has 0 saturated carbocycles. The number of aromatic nitrogens is 1. The van der Waals surface area contributed by atoms with Crippen LogP contribution in [-0.2, 0) is 20.8 Å². The largest absolute Gasteiger partial charge is 0.480 e. The van der Waals surface area contributed by atoms with E-state index in [0.717, 1.165) is 42.3 Å². The molecule has 10 nitrogen and oxygen atoms in total. The van der Waals surface area contributed by atoms with Crippen molar-refractivity contribution in [3.8, 4) is 0 Å². The van der Waals surface area contributed by atoms with E-state index in [1.807, 2.05) is 44.3 Å². The fraction of sp³-hybridized carbons (Fsp3) is 0.500. The van der Waals surface area contributed by atoms with Gasteiger partial charge in [0.25, 0.3) is 0 Å². The maximum atomic E-state index is 10.6. The molecule has 1 aliphatic rings. The van der Waals surface area contributed by atoms with Crippen LogP contribution in [0.1, 0.15) is 38.7 Å². The Kier molecular flexibility index (Phi) is 11.4. The van der Waals surface area contributed by atoms with Crippen molar-refractivity contribution in [2.45, 2.75) is 57.7 Å². The average Bonchev–Trinajstić information content (AvgIpc) is 3.44. The summed E-state index contributed by atoms with van der Waals surface area (Å²) in [5, 5.41) is 29.3. The number of rotatable bonds is 7. The van der Waals surface area contributed by atoms with Crippen molar-refractivity contribution >= 4 is 28.8 Å². The second kappa shape index (κ2) is 13.5. The molecule has 2 heterocycles. The number of para-hydroxylation sites is 1. The summed E-state index contributed by atoms with van der Waals surface area (Å²) < 4.78 is 0. The number of benzene rings is 1. The molecule has 4 atom stereocenters. The Morgan fingerprint density at radius 2 is 1.78 bits per heavy atom. The Labute approximate surface area is 187 Å². The molecular weight excluding hydrogens is 416 g/mol. The fourth-order valence-electron chi connectivity index (χ4n) is 3.02. The van der Waals surface area contributed by atoms with Crippen LogP contribution in [0, 0.1) is 5.92 Å². The minimum Gasteiger partial charge on any atom is -0.480 e. The summed E-state index contributed by atoms with van der Waals surface area (Å²) in [6, 6.07) is 5.95. The number of aliphatic carboxylic acids is 3. The summed E-state index contributed by atoms with van der Waals surface area (Å²) in [6.07, 6.45) is 4.76. The monoisotopic (exact) mass is 450 g/mol. The van der Waals surface area contributed by atoms with Gasteiger partial charge in [-0.1, -0.05) is 38.5 Å². The van der Waals surface area contributed by atoms with Gasteiger partial charge in [-0.05, 0) is 36.9 Å². The van der Waals surface area contributed by atoms with Crippen LogP contribution >= 0.6 is 0 Å². The lowest BCUT2D eigenvalue weighted by Gasteiger charge is -2.11. The molecule has 0 unspecified atom stereocenters. The van der Waals surface area contributed by atoms with Crippen molar-refractivity contribution in [1.29, 1.82) is 0 Å². The molecule has 32 heavy (non-hydrogen) atoms. The lowest BCUT2D eigenvalue weighted by atomic mass is 10.0. The van der Waals surface area contributed by atoms with Gasteiger partial charge < -0.3 is 37.1 Å². The zero-order valence-corrected chi connectivity index (χ0v) is 18.5. The Morgan fingerprint density at radius 1 is 1.12 bits per heavy atom. The number of fused-ring (bicyclic) bond motifs is 1. The molecule has 0 radical (unpaired) electrons. The van der Waals surface area contributed by atoms with Crippen molar-refractivity contribution in [2.24, 2.45) is 17.4 Å². The minimum absolute atomic E-state index is 0.0718. The van der Waals surface area contributed by atoms with Crippen molar-refractivity contribution in [3.63, 3.8) is 0 Å². The maximum Gasteiger partial charge on any atom is 0.320 e. The van der Waals surface area contributed by atoms with Gasteiger partial charge in [0.2, 0.25) is 0 Å². The Morgan fingerprint density at radius 3 is 2.22 bits per heavy atom. The SMILES string of the molecule is CC[C@H](C)[C@H](N)C(=O)O.N[C@@H](Cc1c[nH]c2ccccc12)C(=O)O.O=C(O)[C@@H]1CCCN1. The van der Waals surface area contributed by atoms with Gasteiger partial charge in [-0.2, -0.15) is 0 Å². The topological polar surface area (TPSA) is 192 Å². The molecule has 1 saturated heterocycles. The zero-order chi connectivity index (χ0) is 24.3. The number of aromatic amines is 1. The summed E-state index contributed by atoms with van der Waals surface area (Å²) in [5.41, 5.74) is 12.7. The first-order valence-electron chi connectivity index (χ1n) is 10.6. The Balaban J connectivity index is 0.000000260. The molecule has 1 aliphatic heterocycles. The second-order valence-corrected chi connectivity index (χ2v) is 7.75. The number of carbonyl (C=O) groups is 3. The van der Waals surface area contributed by atoms with Gasteiger partial charge in [0.15, 0.2) is 0 Å². The van der Waals surface area contributed by atoms with Crippen LogP contribution in [0.25, 0.3) is 10.9 Å². The Hall–Kier alpha value is -2.95. The van der Waals surface area contributed by atoms with E-state index in [1.54, 1.807) is 0 Å². The first kappa shape index (κ1) is 27.1. The maximum absolute atomic E-state index is 10.6. The van der Waals surface area contributed by atoms with Crippen molar-refractivity contribution in [2.75, 3.05) is 6.54 Å². The molecule has 2 aromatic rings. The molecule has 0 aliphatic carbocycles. The van der Waals surface area contributed by atoms with E-state index in [2.05, 4.69) is 10.3 Å². The number of hydrogen-bond donors (Lipinski definition) is 7. The number of carboxylic acids is 3. The summed E-state index contributed by atoms with van der Waals surface area (Å²) in [5.74, 6) is -2.53. The van der Waals surface area contributed by atoms with E-state index in [0.29, 0.717) is 6.42 Å². The average molecular weight is 451 g/mol. The zero-order valence-electron chi connectivity index (χ0n) is 18.5. The highest BCUT2D eigenvalue weighted by atomic mass is 16.4. The van der Waals surface area contributed by atoms with Gasteiger partial charge in [-0.25, -0.2) is 0 Å². The first-order valence-corrected chi connectivity index (χ1v) is 10.6. The molecule has 0 bridgehead atoms. The van der Waals surface area contributed by atoms with Gasteiger partial charge in [0.05, 0.1) is 0 Å². The molecule has 9 N–H and O–H groups in total. The summed E-state index contributed by atoms with van der Waals surface area (Å²) in [7, 11) is 0. The molecule has 1 aromatic carbocycles. The third kappa shape index (κ3) is 8.66. The van der Waals surface area contributed by atoms with E-state index >= 15 is 0 Å². The van der Waals surface area contributed by atoms with Gasteiger partial charge in [0, 0.05) is 23.5 Å². The van der Waals surface area contributed by atoms with Gasteiger partial charge >= 0.3 is 17.9 Å². The fourth-order valence-corrected chi connectivity index (χ4v) is 3.02. The summed E-state index contributed by atoms with van der Waals surface area (Å²) >= 11 is 0. The number of carboxylic acid groups (broad SMARTS) is 3. The van der Waals surface area contributed by atoms with Crippen LogP contribution in [-0.4, -0.2) is 62.9 Å². The van der Waals surface area contributed by atoms with E-state index in [1.165, 1.54) is 0 Å². The van der Waals surface area contributed by atoms with E-state index in [-0.39, 0.29) is 12.0 Å². The molecule has 10 heteroatoms. The van der Waals surface area contributed by atoms with Crippen molar-refractivity contribution in [1.82, 2.24) is 10.3 Å². The van der Waals surface area contributed by atoms with Crippen molar-refractivity contribution < 1.29 is 29.7 Å². The summed E-state index contributed by atoms with van der Waals surface area (Å²) in [6.45, 7) is 4.61. The van der Waals surface area contributed by atoms with E-state index in [9.17, 15) is 14.4 Å². The molecule has 0 spiro atoms. The standard InChI is InChI=1S/C11H12N2O2.C6H13NO2.C5H9NO2/c12-9(11(14)15)5-7-6-13-10-4-2-1-3-8(7)10;1-3-4(2)5(7)6(8)9;7-5(8)4-2-1-3-6-4/h1-4,6,9,13H,5,12H2,(H,14,15);4-5H,3,7H2,1-2H3,(H,8,9);4,6H,1-3H2,(H,7,8)/t9-;4-,5-;4-/m000/s1.